The van der Waals surface area contributed by atoms with Crippen LogP contribution in [0.1, 0.15) is 43.8 Å². The second-order valence-corrected chi connectivity index (χ2v) is 6.93. The first-order valence-corrected chi connectivity index (χ1v) is 8.99. The first kappa shape index (κ1) is 14.9. The van der Waals surface area contributed by atoms with Crippen molar-refractivity contribution in [2.75, 3.05) is 26.2 Å². The number of urea groups is 1. The molecule has 0 radical (unpaired) electrons. The van der Waals surface area contributed by atoms with Crippen molar-refractivity contribution < 1.29 is 4.79 Å². The van der Waals surface area contributed by atoms with Gasteiger partial charge >= 0.3 is 6.03 Å². The summed E-state index contributed by atoms with van der Waals surface area (Å²) in [7, 11) is 0. The van der Waals surface area contributed by atoms with Crippen molar-refractivity contribution in [3.63, 3.8) is 0 Å². The second-order valence-electron chi connectivity index (χ2n) is 6.93. The minimum absolute atomic E-state index is 0.0456. The molecular formula is C16H26N6O. The van der Waals surface area contributed by atoms with Gasteiger partial charge in [0, 0.05) is 32.1 Å². The zero-order valence-corrected chi connectivity index (χ0v) is 13.7. The lowest BCUT2D eigenvalue weighted by Gasteiger charge is -2.37. The number of carbonyl (C=O) groups is 1. The maximum atomic E-state index is 12.5. The van der Waals surface area contributed by atoms with Gasteiger partial charge in [0.15, 0.2) is 5.82 Å². The molecule has 1 atom stereocenters. The number of nitrogens with zero attached hydrogens (tertiary/aromatic N) is 5. The van der Waals surface area contributed by atoms with Crippen LogP contribution in [0, 0.1) is 0 Å². The van der Waals surface area contributed by atoms with Gasteiger partial charge in [-0.05, 0) is 45.2 Å². The molecule has 0 saturated carbocycles. The van der Waals surface area contributed by atoms with Gasteiger partial charge in [-0.25, -0.2) is 4.79 Å². The van der Waals surface area contributed by atoms with E-state index in [0.717, 1.165) is 50.5 Å². The average Bonchev–Trinajstić information content (AvgIpc) is 3.30. The Morgan fingerprint density at radius 1 is 1.09 bits per heavy atom. The van der Waals surface area contributed by atoms with Crippen molar-refractivity contribution in [3.05, 3.63) is 11.6 Å². The highest BCUT2D eigenvalue weighted by Crippen LogP contribution is 2.20. The first-order chi connectivity index (χ1) is 11.3. The van der Waals surface area contributed by atoms with Gasteiger partial charge in [-0.2, -0.15) is 0 Å². The number of hydrogen-bond acceptors (Lipinski definition) is 4. The van der Waals surface area contributed by atoms with E-state index in [1.54, 1.807) is 0 Å². The number of hydrogen-bond donors (Lipinski definition) is 1. The summed E-state index contributed by atoms with van der Waals surface area (Å²) >= 11 is 0. The van der Waals surface area contributed by atoms with Crippen molar-refractivity contribution in [2.24, 2.45) is 0 Å². The van der Waals surface area contributed by atoms with Crippen LogP contribution in [-0.2, 0) is 19.5 Å². The Morgan fingerprint density at radius 2 is 1.96 bits per heavy atom. The Morgan fingerprint density at radius 3 is 2.83 bits per heavy atom. The predicted octanol–water partition coefficient (Wildman–Crippen LogP) is 0.994. The van der Waals surface area contributed by atoms with Crippen LogP contribution < -0.4 is 5.32 Å². The van der Waals surface area contributed by atoms with Gasteiger partial charge in [0.05, 0.1) is 6.54 Å². The van der Waals surface area contributed by atoms with E-state index in [-0.39, 0.29) is 6.03 Å². The molecule has 0 spiro atoms. The van der Waals surface area contributed by atoms with Gasteiger partial charge in [-0.1, -0.05) is 0 Å². The summed E-state index contributed by atoms with van der Waals surface area (Å²) in [4.78, 5) is 17.0. The third-order valence-electron chi connectivity index (χ3n) is 5.42. The maximum absolute atomic E-state index is 12.5. The molecule has 1 aromatic rings. The summed E-state index contributed by atoms with van der Waals surface area (Å²) in [6.07, 6.45) is 7.08. The minimum atomic E-state index is 0.0456. The van der Waals surface area contributed by atoms with Crippen molar-refractivity contribution in [1.29, 1.82) is 0 Å². The Balaban J connectivity index is 1.31. The molecule has 0 unspecified atom stereocenters. The molecule has 0 aromatic carbocycles. The molecule has 3 aliphatic rings. The molecule has 2 fully saturated rings. The fourth-order valence-corrected chi connectivity index (χ4v) is 4.15. The lowest BCUT2D eigenvalue weighted by atomic mass is 10.0. The van der Waals surface area contributed by atoms with Gasteiger partial charge in [-0.3, -0.25) is 4.90 Å². The van der Waals surface area contributed by atoms with Crippen LogP contribution in [0.5, 0.6) is 0 Å². The van der Waals surface area contributed by atoms with E-state index >= 15 is 0 Å². The molecule has 2 saturated heterocycles. The highest BCUT2D eigenvalue weighted by atomic mass is 16.2. The fourth-order valence-electron chi connectivity index (χ4n) is 4.15. The third kappa shape index (κ3) is 3.06. The number of rotatable bonds is 3. The molecule has 0 aliphatic carbocycles. The molecule has 1 aromatic heterocycles. The second kappa shape index (κ2) is 6.47. The Labute approximate surface area is 137 Å². The molecular weight excluding hydrogens is 292 g/mol. The van der Waals surface area contributed by atoms with E-state index in [2.05, 4.69) is 25.0 Å². The summed E-state index contributed by atoms with van der Waals surface area (Å²) in [5.41, 5.74) is 0. The number of aryl methyl sites for hydroxylation is 1. The molecule has 4 heterocycles. The molecule has 3 aliphatic heterocycles. The Bertz CT molecular complexity index is 565. The number of aromatic nitrogens is 3. The zero-order chi connectivity index (χ0) is 15.6. The van der Waals surface area contributed by atoms with Gasteiger partial charge in [0.25, 0.3) is 0 Å². The average molecular weight is 318 g/mol. The third-order valence-corrected chi connectivity index (χ3v) is 5.42. The molecule has 0 bridgehead atoms. The topological polar surface area (TPSA) is 66.3 Å². The molecule has 2 amide bonds. The number of amides is 2. The number of piperidine rings is 1. The smallest absolute Gasteiger partial charge is 0.317 e. The lowest BCUT2D eigenvalue weighted by Crippen LogP contribution is -2.51. The largest absolute Gasteiger partial charge is 0.331 e. The molecule has 7 heteroatoms. The van der Waals surface area contributed by atoms with Crippen LogP contribution in [0.4, 0.5) is 4.79 Å². The van der Waals surface area contributed by atoms with E-state index in [1.807, 2.05) is 4.90 Å². The molecule has 7 nitrogen and oxygen atoms in total. The zero-order valence-electron chi connectivity index (χ0n) is 13.7. The van der Waals surface area contributed by atoms with Crippen LogP contribution in [0.15, 0.2) is 0 Å². The summed E-state index contributed by atoms with van der Waals surface area (Å²) in [5, 5.41) is 11.4. The van der Waals surface area contributed by atoms with Gasteiger partial charge in [-0.15, -0.1) is 10.2 Å². The van der Waals surface area contributed by atoms with Crippen LogP contribution in [0.3, 0.4) is 0 Å². The minimum Gasteiger partial charge on any atom is -0.331 e. The number of carbonyl (C=O) groups excluding carboxylic acids is 1. The van der Waals surface area contributed by atoms with Crippen molar-refractivity contribution in [1.82, 2.24) is 29.9 Å². The predicted molar refractivity (Wildman–Crippen MR) is 86.0 cm³/mol. The lowest BCUT2D eigenvalue weighted by molar-refractivity contribution is 0.125. The SMILES string of the molecule is O=C(NCc1nnc2n1CCC2)N1CCC[C@H](N2CCCC2)C1. The monoisotopic (exact) mass is 318 g/mol. The highest BCUT2D eigenvalue weighted by molar-refractivity contribution is 5.74. The van der Waals surface area contributed by atoms with Crippen molar-refractivity contribution in [3.8, 4) is 0 Å². The van der Waals surface area contributed by atoms with E-state index in [4.69, 9.17) is 0 Å². The van der Waals surface area contributed by atoms with Gasteiger partial charge in [0.1, 0.15) is 5.82 Å². The fraction of sp³-hybridized carbons (Fsp3) is 0.812. The number of likely N-dealkylation sites (tertiary alicyclic amines) is 2. The molecule has 23 heavy (non-hydrogen) atoms. The van der Waals surface area contributed by atoms with Crippen LogP contribution in [-0.4, -0.2) is 62.8 Å². The van der Waals surface area contributed by atoms with Crippen LogP contribution in [0.25, 0.3) is 0 Å². The summed E-state index contributed by atoms with van der Waals surface area (Å²) in [6.45, 7) is 5.60. The summed E-state index contributed by atoms with van der Waals surface area (Å²) in [5.74, 6) is 1.94. The molecule has 1 N–H and O–H groups in total. The number of nitrogens with one attached hydrogen (secondary N) is 1. The number of fused-ring (bicyclic) bond motifs is 1. The maximum Gasteiger partial charge on any atom is 0.317 e. The Hall–Kier alpha value is -1.63. The van der Waals surface area contributed by atoms with Crippen LogP contribution in [0.2, 0.25) is 0 Å². The Kier molecular flexibility index (Phi) is 4.20. The van der Waals surface area contributed by atoms with E-state index in [9.17, 15) is 4.79 Å². The highest BCUT2D eigenvalue weighted by Gasteiger charge is 2.29. The van der Waals surface area contributed by atoms with E-state index in [1.165, 1.54) is 32.4 Å². The summed E-state index contributed by atoms with van der Waals surface area (Å²) < 4.78 is 2.14. The van der Waals surface area contributed by atoms with Crippen molar-refractivity contribution >= 4 is 6.03 Å². The molecule has 4 rings (SSSR count). The van der Waals surface area contributed by atoms with Gasteiger partial charge in [0.2, 0.25) is 0 Å². The van der Waals surface area contributed by atoms with Crippen molar-refractivity contribution in [2.45, 2.75) is 57.7 Å². The van der Waals surface area contributed by atoms with E-state index < -0.39 is 0 Å². The van der Waals surface area contributed by atoms with Gasteiger partial charge < -0.3 is 14.8 Å². The summed E-state index contributed by atoms with van der Waals surface area (Å²) in [6, 6.07) is 0.596. The quantitative estimate of drug-likeness (QED) is 0.903. The normalized spacial score (nSPS) is 24.9. The molecule has 126 valence electrons. The standard InChI is InChI=1S/C16H26N6O/c23-16(17-11-15-19-18-14-6-4-10-22(14)15)21-9-3-5-13(12-21)20-7-1-2-8-20/h13H,1-12H2,(H,17,23)/t13-/m0/s1. The first-order valence-electron chi connectivity index (χ1n) is 8.99. The van der Waals surface area contributed by atoms with E-state index in [0.29, 0.717) is 12.6 Å². The van der Waals surface area contributed by atoms with Crippen LogP contribution >= 0.6 is 0 Å².